The van der Waals surface area contributed by atoms with Gasteiger partial charge >= 0.3 is 11.9 Å². The number of hydrogen-bond donors (Lipinski definition) is 29. The van der Waals surface area contributed by atoms with Crippen LogP contribution >= 0.6 is 0 Å². The summed E-state index contributed by atoms with van der Waals surface area (Å²) in [6, 6.07) is -17.1. The first-order valence-electron chi connectivity index (χ1n) is 48.4. The maximum absolute atomic E-state index is 14.5. The van der Waals surface area contributed by atoms with Gasteiger partial charge in [-0.2, -0.15) is 0 Å². The zero-order valence-electron chi connectivity index (χ0n) is 84.8. The molecular weight excluding hydrogens is 1900 g/mol. The van der Waals surface area contributed by atoms with Crippen LogP contribution in [0.5, 0.6) is 0 Å². The molecule has 0 aliphatic carbocycles. The fraction of sp³-hybridized carbons (Fsp3) is 0.645. The number of imidazole rings is 2. The fourth-order valence-electron chi connectivity index (χ4n) is 14.4. The number of nitrogens with two attached hydrogens (primary N) is 3. The van der Waals surface area contributed by atoms with E-state index in [1.165, 1.54) is 32.0 Å². The lowest BCUT2D eigenvalue weighted by molar-refractivity contribution is -0.143. The van der Waals surface area contributed by atoms with Crippen molar-refractivity contribution < 1.29 is 126 Å². The first kappa shape index (κ1) is 125. The highest BCUT2D eigenvalue weighted by molar-refractivity contribution is 6.02. The maximum atomic E-state index is 14.5. The standard InChI is InChI=1S/C93H152N26O26/c1-46(2)31-62(81(132)101-41-71(125)107-63(32-47(3)4)86(137)118-75(51(11)12)93(144)145)111-92(143)76(54(15)122)119-78(129)53(14)105-89(140)68(43-121)115-85(136)65(34-55-23-17-16-18-24-55)113-91(142)73(49(7)8)116-83(134)60(26-20-22-30-95)106-70(124)40-99-69(123)39-100-80(131)59(25-19-21-29-94)108-82(133)61(27-28-72(126)127)109-84(135)64(33-48(5)6)112-90(141)74(50(9)10)117-87(138)66(36-57-38-98-45-103-57)110-77(128)52(13)104-88(139)67(42-120)114-79(130)58(96)35-56-37-97-44-102-56/h16-18,23-24,37-38,44-54,58-68,73-76,120-122H,19-22,25-36,39-43,94-96H2,1-15H3,(H,97,102)(H,98,103)(H,99,123)(H,100,131)(H,101,132)(H,104,139)(H,105,140)(H,106,124)(H,107,125)(H,108,133)(H,109,135)(H,110,128)(H,111,143)(H,112,141)(H,113,142)(H,114,130)(H,115,136)(H,116,134)(H,117,138)(H,118,137)(H,119,129)(H,126,127)(H,144,145)/t52-,53-,54+,58-,59-,60-,61-,62-,63-,64-,65-,66-,67-,68-,73-,74-,75-,76-/m0/s1. The predicted molar refractivity (Wildman–Crippen MR) is 523 cm³/mol. The van der Waals surface area contributed by atoms with Gasteiger partial charge in [0.1, 0.15) is 96.7 Å². The molecule has 0 bridgehead atoms. The van der Waals surface area contributed by atoms with E-state index in [1.807, 2.05) is 0 Å². The van der Waals surface area contributed by atoms with Crippen molar-refractivity contribution in [3.05, 3.63) is 72.3 Å². The second-order valence-corrected chi connectivity index (χ2v) is 37.7. The number of aliphatic carboxylic acids is 2. The van der Waals surface area contributed by atoms with Crippen molar-refractivity contribution in [3.63, 3.8) is 0 Å². The molecule has 0 radical (unpaired) electrons. The highest BCUT2D eigenvalue weighted by Crippen LogP contribution is 2.17. The molecule has 145 heavy (non-hydrogen) atoms. The number of hydrogen-bond acceptors (Lipinski definition) is 29. The Morgan fingerprint density at radius 1 is 0.331 bits per heavy atom. The van der Waals surface area contributed by atoms with Crippen molar-refractivity contribution >= 4 is 124 Å². The van der Waals surface area contributed by atoms with Crippen molar-refractivity contribution in [1.29, 1.82) is 0 Å². The lowest BCUT2D eigenvalue weighted by Gasteiger charge is -2.29. The summed E-state index contributed by atoms with van der Waals surface area (Å²) in [4.78, 5) is 301. The van der Waals surface area contributed by atoms with Crippen LogP contribution in [-0.2, 0) is 120 Å². The van der Waals surface area contributed by atoms with Gasteiger partial charge in [0, 0.05) is 38.1 Å². The molecule has 32 N–H and O–H groups in total. The number of unbranched alkanes of at least 4 members (excludes halogenated alkanes) is 2. The van der Waals surface area contributed by atoms with Crippen molar-refractivity contribution in [2.24, 2.45) is 52.7 Å². The number of aliphatic hydroxyl groups excluding tert-OH is 3. The van der Waals surface area contributed by atoms with E-state index in [0.29, 0.717) is 24.1 Å². The number of aliphatic hydroxyl groups is 3. The van der Waals surface area contributed by atoms with Crippen LogP contribution in [0.15, 0.2) is 55.4 Å². The van der Waals surface area contributed by atoms with Crippen molar-refractivity contribution in [3.8, 4) is 0 Å². The Morgan fingerprint density at radius 3 is 1.10 bits per heavy atom. The van der Waals surface area contributed by atoms with Gasteiger partial charge in [-0.25, -0.2) is 14.8 Å². The van der Waals surface area contributed by atoms with Gasteiger partial charge in [0.05, 0.1) is 69.0 Å². The molecular formula is C93H152N26O26. The van der Waals surface area contributed by atoms with Crippen LogP contribution in [0.4, 0.5) is 0 Å². The Kier molecular flexibility index (Phi) is 56.1. The molecule has 0 unspecified atom stereocenters. The zero-order valence-corrected chi connectivity index (χ0v) is 84.8. The molecule has 18 atom stereocenters. The number of carbonyl (C=O) groups excluding carboxylic acids is 19. The lowest BCUT2D eigenvalue weighted by Crippen LogP contribution is -2.62. The van der Waals surface area contributed by atoms with E-state index in [4.69, 9.17) is 17.2 Å². The maximum Gasteiger partial charge on any atom is 0.326 e. The van der Waals surface area contributed by atoms with Crippen molar-refractivity contribution in [2.45, 2.75) is 303 Å². The van der Waals surface area contributed by atoms with Crippen molar-refractivity contribution in [1.82, 2.24) is 121 Å². The molecule has 1 aromatic carbocycles. The van der Waals surface area contributed by atoms with Crippen molar-refractivity contribution in [2.75, 3.05) is 45.9 Å². The number of benzene rings is 1. The summed E-state index contributed by atoms with van der Waals surface area (Å²) in [5.41, 5.74) is 18.7. The van der Waals surface area contributed by atoms with Crippen LogP contribution in [0.3, 0.4) is 0 Å². The van der Waals surface area contributed by atoms with E-state index in [1.54, 1.807) is 113 Å². The Labute approximate surface area is 841 Å². The third-order valence-corrected chi connectivity index (χ3v) is 22.5. The summed E-state index contributed by atoms with van der Waals surface area (Å²) in [6.45, 7) is 19.3. The van der Waals surface area contributed by atoms with Gasteiger partial charge in [0.2, 0.25) is 112 Å². The minimum Gasteiger partial charge on any atom is -0.481 e. The van der Waals surface area contributed by atoms with E-state index in [-0.39, 0.29) is 101 Å². The van der Waals surface area contributed by atoms with Gasteiger partial charge < -0.3 is 154 Å². The largest absolute Gasteiger partial charge is 0.481 e. The first-order valence-corrected chi connectivity index (χ1v) is 48.4. The van der Waals surface area contributed by atoms with Gasteiger partial charge in [-0.15, -0.1) is 0 Å². The number of carbonyl (C=O) groups is 21. The molecule has 3 rings (SSSR count). The van der Waals surface area contributed by atoms with Gasteiger partial charge in [-0.1, -0.05) is 113 Å². The second kappa shape index (κ2) is 64.8. The molecule has 2 heterocycles. The summed E-state index contributed by atoms with van der Waals surface area (Å²) in [5, 5.41) is 97.6. The van der Waals surface area contributed by atoms with Gasteiger partial charge in [-0.05, 0) is 139 Å². The van der Waals surface area contributed by atoms with Crippen LogP contribution in [0.2, 0.25) is 0 Å². The molecule has 52 heteroatoms. The number of rotatable bonds is 68. The van der Waals surface area contributed by atoms with E-state index in [0.717, 1.165) is 13.8 Å². The normalized spacial score (nSPS) is 15.1. The fourth-order valence-corrected chi connectivity index (χ4v) is 14.4. The first-order chi connectivity index (χ1) is 68.2. The van der Waals surface area contributed by atoms with E-state index >= 15 is 0 Å². The molecule has 0 aliphatic rings. The topological polar surface area (TPSA) is 824 Å². The Balaban J connectivity index is 1.76. The third kappa shape index (κ3) is 46.7. The average Bonchev–Trinajstić information content (AvgIpc) is 1.63. The van der Waals surface area contributed by atoms with Gasteiger partial charge in [0.15, 0.2) is 0 Å². The predicted octanol–water partition coefficient (Wildman–Crippen LogP) is -7.69. The van der Waals surface area contributed by atoms with Gasteiger partial charge in [-0.3, -0.25) is 95.9 Å². The monoisotopic (exact) mass is 2050 g/mol. The SMILES string of the molecule is CC(C)C[C@H](NC(=O)CNC(=O)[C@H](CC(C)C)NC(=O)[C@@H](NC(=O)[C@H](C)NC(=O)[C@H](CO)NC(=O)[C@H](Cc1ccccc1)NC(=O)[C@@H](NC(=O)[C@H](CCCCN)NC(=O)CNC(=O)CNC(=O)[C@H](CCCCN)NC(=O)[C@H](CCC(=O)O)NC(=O)[C@H](CC(C)C)NC(=O)[C@@H](NC(=O)[C@H](Cc1c[nH]cn1)NC(=O)[C@H](C)NC(=O)[C@H](CO)NC(=O)[C@@H](N)Cc1c[nH]cn1)C(C)C)C(C)C)[C@@H](C)O)C(=O)N[C@H](C(=O)O)C(C)C. The molecule has 0 fully saturated rings. The van der Waals surface area contributed by atoms with Crippen LogP contribution < -0.4 is 118 Å². The molecule has 52 nitrogen and oxygen atoms in total. The minimum atomic E-state index is -1.84. The average molecular weight is 2050 g/mol. The Bertz CT molecular complexity index is 4740. The number of aromatic nitrogens is 4. The number of amides is 19. The number of H-pyrrole nitrogens is 2. The quantitative estimate of drug-likeness (QED) is 0.0233. The molecule has 0 aliphatic heterocycles. The molecule has 3 aromatic rings. The Hall–Kier alpha value is -13.7. The molecule has 2 aromatic heterocycles. The van der Waals surface area contributed by atoms with Gasteiger partial charge in [0.25, 0.3) is 0 Å². The molecule has 0 saturated heterocycles. The van der Waals surface area contributed by atoms with E-state index in [9.17, 15) is 126 Å². The molecule has 0 saturated carbocycles. The van der Waals surface area contributed by atoms with Crippen LogP contribution in [0.25, 0.3) is 0 Å². The van der Waals surface area contributed by atoms with Crippen LogP contribution in [0, 0.1) is 35.5 Å². The number of carboxylic acid groups (broad SMARTS) is 2. The summed E-state index contributed by atoms with van der Waals surface area (Å²) >= 11 is 0. The summed E-state index contributed by atoms with van der Waals surface area (Å²) in [7, 11) is 0. The van der Waals surface area contributed by atoms with Crippen LogP contribution in [0.1, 0.15) is 191 Å². The highest BCUT2D eigenvalue weighted by Gasteiger charge is 2.41. The van der Waals surface area contributed by atoms with Crippen LogP contribution in [-0.4, -0.2) is 324 Å². The summed E-state index contributed by atoms with van der Waals surface area (Å²) in [6.07, 6.45) is 3.01. The smallest absolute Gasteiger partial charge is 0.326 e. The highest BCUT2D eigenvalue weighted by atomic mass is 16.4. The molecule has 810 valence electrons. The van der Waals surface area contributed by atoms with E-state index in [2.05, 4.69) is 121 Å². The second-order valence-electron chi connectivity index (χ2n) is 37.7. The lowest BCUT2D eigenvalue weighted by atomic mass is 9.98. The summed E-state index contributed by atoms with van der Waals surface area (Å²) in [5.74, 6) is -23.7. The minimum absolute atomic E-state index is 0.0185. The zero-order chi connectivity index (χ0) is 109. The molecule has 0 spiro atoms. The molecule has 19 amide bonds. The summed E-state index contributed by atoms with van der Waals surface area (Å²) < 4.78 is 0. The number of nitrogens with one attached hydrogen (secondary N) is 21. The third-order valence-electron chi connectivity index (χ3n) is 22.5. The van der Waals surface area contributed by atoms with E-state index < -0.39 is 296 Å². The number of nitrogens with zero attached hydrogens (tertiary/aromatic N) is 2. The number of carboxylic acids is 2. The Morgan fingerprint density at radius 2 is 0.662 bits per heavy atom. The number of aromatic amines is 2.